The minimum atomic E-state index is 0.259. The Balaban J connectivity index is 2.69. The maximum Gasteiger partial charge on any atom is 0.136 e. The molecular weight excluding hydrogens is 124 g/mol. The second-order valence-electron chi connectivity index (χ2n) is 4.03. The number of carbonyl (C=O) groups excluding carboxylic acids is 1. The molecule has 1 aliphatic carbocycles. The van der Waals surface area contributed by atoms with E-state index in [2.05, 4.69) is 20.8 Å². The van der Waals surface area contributed by atoms with Crippen LogP contribution in [0.2, 0.25) is 0 Å². The van der Waals surface area contributed by atoms with Gasteiger partial charge in [-0.1, -0.05) is 20.8 Å². The number of carbonyl (C=O) groups is 1. The second-order valence-corrected chi connectivity index (χ2v) is 4.03. The quantitative estimate of drug-likeness (QED) is 0.505. The summed E-state index contributed by atoms with van der Waals surface area (Å²) in [6.07, 6.45) is 3.11. The zero-order valence-electron chi connectivity index (χ0n) is 7.11. The SMILES string of the molecule is C[C@H]1C(=O)CCCC1(C)C. The average molecular weight is 140 g/mol. The summed E-state index contributed by atoms with van der Waals surface area (Å²) < 4.78 is 0. The van der Waals surface area contributed by atoms with Crippen molar-refractivity contribution in [1.29, 1.82) is 0 Å². The summed E-state index contributed by atoms with van der Waals surface area (Å²) in [6, 6.07) is 0. The number of hydrogen-bond donors (Lipinski definition) is 0. The van der Waals surface area contributed by atoms with Crippen LogP contribution < -0.4 is 0 Å². The van der Waals surface area contributed by atoms with Crippen LogP contribution in [-0.4, -0.2) is 5.78 Å². The lowest BCUT2D eigenvalue weighted by Crippen LogP contribution is -2.32. The molecule has 0 aromatic heterocycles. The molecule has 1 aliphatic rings. The molecular formula is C9H16O. The van der Waals surface area contributed by atoms with Gasteiger partial charge in [0.15, 0.2) is 0 Å². The van der Waals surface area contributed by atoms with E-state index in [9.17, 15) is 4.79 Å². The molecule has 0 radical (unpaired) electrons. The molecule has 1 fully saturated rings. The predicted molar refractivity (Wildman–Crippen MR) is 41.8 cm³/mol. The molecule has 1 heteroatoms. The Morgan fingerprint density at radius 2 is 2.10 bits per heavy atom. The third kappa shape index (κ3) is 1.23. The van der Waals surface area contributed by atoms with Gasteiger partial charge in [0.1, 0.15) is 5.78 Å². The molecule has 0 N–H and O–H groups in total. The van der Waals surface area contributed by atoms with Crippen LogP contribution in [0, 0.1) is 11.3 Å². The van der Waals surface area contributed by atoms with Crippen molar-refractivity contribution in [3.05, 3.63) is 0 Å². The van der Waals surface area contributed by atoms with Crippen molar-refractivity contribution >= 4 is 5.78 Å². The largest absolute Gasteiger partial charge is 0.299 e. The van der Waals surface area contributed by atoms with Crippen molar-refractivity contribution in [2.24, 2.45) is 11.3 Å². The van der Waals surface area contributed by atoms with Gasteiger partial charge in [0.25, 0.3) is 0 Å². The number of Topliss-reactive ketones (excluding diaryl/α,β-unsaturated/α-hetero) is 1. The highest BCUT2D eigenvalue weighted by Gasteiger charge is 2.34. The smallest absolute Gasteiger partial charge is 0.136 e. The molecule has 1 saturated carbocycles. The van der Waals surface area contributed by atoms with Crippen LogP contribution in [0.4, 0.5) is 0 Å². The zero-order chi connectivity index (χ0) is 7.78. The summed E-state index contributed by atoms with van der Waals surface area (Å²) in [6.45, 7) is 6.44. The van der Waals surface area contributed by atoms with Crippen LogP contribution in [0.5, 0.6) is 0 Å². The van der Waals surface area contributed by atoms with Crippen molar-refractivity contribution in [2.45, 2.75) is 40.0 Å². The monoisotopic (exact) mass is 140 g/mol. The van der Waals surface area contributed by atoms with Crippen molar-refractivity contribution in [1.82, 2.24) is 0 Å². The van der Waals surface area contributed by atoms with E-state index < -0.39 is 0 Å². The summed E-state index contributed by atoms with van der Waals surface area (Å²) in [7, 11) is 0. The average Bonchev–Trinajstić information content (AvgIpc) is 1.83. The van der Waals surface area contributed by atoms with Crippen molar-refractivity contribution in [2.75, 3.05) is 0 Å². The highest BCUT2D eigenvalue weighted by molar-refractivity contribution is 5.82. The Labute approximate surface area is 62.8 Å². The molecule has 10 heavy (non-hydrogen) atoms. The van der Waals surface area contributed by atoms with Gasteiger partial charge in [-0.25, -0.2) is 0 Å². The van der Waals surface area contributed by atoms with Crippen LogP contribution in [0.3, 0.4) is 0 Å². The number of ketones is 1. The van der Waals surface area contributed by atoms with Crippen LogP contribution in [-0.2, 0) is 4.79 Å². The molecule has 0 spiro atoms. The maximum absolute atomic E-state index is 11.2. The standard InChI is InChI=1S/C9H16O/c1-7-8(10)5-4-6-9(7,2)3/h7H,4-6H2,1-3H3/t7-/m0/s1. The fourth-order valence-corrected chi connectivity index (χ4v) is 1.59. The molecule has 0 aromatic rings. The van der Waals surface area contributed by atoms with Crippen LogP contribution in [0.25, 0.3) is 0 Å². The fraction of sp³-hybridized carbons (Fsp3) is 0.889. The van der Waals surface area contributed by atoms with Gasteiger partial charge in [-0.3, -0.25) is 4.79 Å². The summed E-state index contributed by atoms with van der Waals surface area (Å²) in [5, 5.41) is 0. The van der Waals surface area contributed by atoms with E-state index in [0.29, 0.717) is 5.78 Å². The first-order chi connectivity index (χ1) is 4.54. The molecule has 1 rings (SSSR count). The molecule has 1 nitrogen and oxygen atoms in total. The van der Waals surface area contributed by atoms with E-state index in [4.69, 9.17) is 0 Å². The van der Waals surface area contributed by atoms with Gasteiger partial charge < -0.3 is 0 Å². The predicted octanol–water partition coefficient (Wildman–Crippen LogP) is 2.40. The van der Waals surface area contributed by atoms with Gasteiger partial charge in [0.05, 0.1) is 0 Å². The lowest BCUT2D eigenvalue weighted by atomic mass is 9.69. The van der Waals surface area contributed by atoms with E-state index in [-0.39, 0.29) is 11.3 Å². The molecule has 0 heterocycles. The van der Waals surface area contributed by atoms with Gasteiger partial charge in [-0.05, 0) is 18.3 Å². The molecule has 0 bridgehead atoms. The molecule has 0 amide bonds. The van der Waals surface area contributed by atoms with Crippen molar-refractivity contribution in [3.8, 4) is 0 Å². The third-order valence-corrected chi connectivity index (χ3v) is 2.90. The van der Waals surface area contributed by atoms with E-state index >= 15 is 0 Å². The molecule has 0 unspecified atom stereocenters. The molecule has 58 valence electrons. The van der Waals surface area contributed by atoms with Crippen LogP contribution in [0.1, 0.15) is 40.0 Å². The first-order valence-corrected chi connectivity index (χ1v) is 4.07. The number of hydrogen-bond acceptors (Lipinski definition) is 1. The summed E-state index contributed by atoms with van der Waals surface area (Å²) >= 11 is 0. The second kappa shape index (κ2) is 2.37. The Morgan fingerprint density at radius 1 is 1.50 bits per heavy atom. The minimum absolute atomic E-state index is 0.259. The first kappa shape index (κ1) is 7.77. The van der Waals surface area contributed by atoms with Crippen molar-refractivity contribution < 1.29 is 4.79 Å². The molecule has 0 aliphatic heterocycles. The van der Waals surface area contributed by atoms with E-state index in [1.54, 1.807) is 0 Å². The Kier molecular flexibility index (Phi) is 1.84. The molecule has 0 saturated heterocycles. The Hall–Kier alpha value is -0.330. The lowest BCUT2D eigenvalue weighted by Gasteiger charge is -2.34. The van der Waals surface area contributed by atoms with Crippen LogP contribution >= 0.6 is 0 Å². The normalized spacial score (nSPS) is 32.3. The minimum Gasteiger partial charge on any atom is -0.299 e. The molecule has 0 aromatic carbocycles. The fourth-order valence-electron chi connectivity index (χ4n) is 1.59. The molecule has 1 atom stereocenters. The summed E-state index contributed by atoms with van der Waals surface area (Å²) in [4.78, 5) is 11.2. The van der Waals surface area contributed by atoms with Gasteiger partial charge >= 0.3 is 0 Å². The van der Waals surface area contributed by atoms with Gasteiger partial charge in [0, 0.05) is 12.3 Å². The zero-order valence-corrected chi connectivity index (χ0v) is 7.11. The van der Waals surface area contributed by atoms with Gasteiger partial charge in [-0.2, -0.15) is 0 Å². The third-order valence-electron chi connectivity index (χ3n) is 2.90. The van der Waals surface area contributed by atoms with E-state index in [0.717, 1.165) is 12.8 Å². The van der Waals surface area contributed by atoms with E-state index in [1.165, 1.54) is 6.42 Å². The lowest BCUT2D eigenvalue weighted by molar-refractivity contribution is -0.128. The summed E-state index contributed by atoms with van der Waals surface area (Å²) in [5.41, 5.74) is 0.259. The van der Waals surface area contributed by atoms with Gasteiger partial charge in [0.2, 0.25) is 0 Å². The van der Waals surface area contributed by atoms with E-state index in [1.807, 2.05) is 0 Å². The van der Waals surface area contributed by atoms with Crippen molar-refractivity contribution in [3.63, 3.8) is 0 Å². The Morgan fingerprint density at radius 3 is 2.50 bits per heavy atom. The van der Waals surface area contributed by atoms with Gasteiger partial charge in [-0.15, -0.1) is 0 Å². The highest BCUT2D eigenvalue weighted by Crippen LogP contribution is 2.37. The van der Waals surface area contributed by atoms with Crippen LogP contribution in [0.15, 0.2) is 0 Å². The summed E-state index contributed by atoms with van der Waals surface area (Å²) in [5.74, 6) is 0.734. The first-order valence-electron chi connectivity index (χ1n) is 4.07. The maximum atomic E-state index is 11.2. The Bertz CT molecular complexity index is 147. The highest BCUT2D eigenvalue weighted by atomic mass is 16.1. The number of rotatable bonds is 0. The topological polar surface area (TPSA) is 17.1 Å².